The first-order chi connectivity index (χ1) is 12.1. The van der Waals surface area contributed by atoms with Crippen LogP contribution in [0.1, 0.15) is 24.8 Å². The minimum Gasteiger partial charge on any atom is -0.497 e. The Morgan fingerprint density at radius 2 is 2.04 bits per heavy atom. The van der Waals surface area contributed by atoms with Gasteiger partial charge in [-0.1, -0.05) is 18.5 Å². The van der Waals surface area contributed by atoms with E-state index in [4.69, 9.17) is 16.3 Å². The average Bonchev–Trinajstić information content (AvgIpc) is 3.34. The van der Waals surface area contributed by atoms with Crippen LogP contribution in [0, 0.1) is 11.7 Å². The maximum Gasteiger partial charge on any atom is 0.141 e. The van der Waals surface area contributed by atoms with Gasteiger partial charge < -0.3 is 10.1 Å². The molecule has 0 aliphatic heterocycles. The van der Waals surface area contributed by atoms with Crippen LogP contribution in [-0.2, 0) is 0 Å². The third-order valence-electron chi connectivity index (χ3n) is 4.67. The highest BCUT2D eigenvalue weighted by Crippen LogP contribution is 2.50. The van der Waals surface area contributed by atoms with E-state index < -0.39 is 5.82 Å². The van der Waals surface area contributed by atoms with Crippen molar-refractivity contribution in [1.29, 1.82) is 0 Å². The fourth-order valence-corrected chi connectivity index (χ4v) is 3.35. The monoisotopic (exact) mass is 357 g/mol. The molecule has 0 saturated heterocycles. The second-order valence-electron chi connectivity index (χ2n) is 6.41. The van der Waals surface area contributed by atoms with Crippen LogP contribution in [0.5, 0.6) is 5.75 Å². The number of halogens is 2. The highest BCUT2D eigenvalue weighted by molar-refractivity contribution is 6.31. The Labute approximate surface area is 150 Å². The number of benzene rings is 2. The zero-order valence-corrected chi connectivity index (χ0v) is 14.6. The first-order valence-electron chi connectivity index (χ1n) is 8.11. The summed E-state index contributed by atoms with van der Waals surface area (Å²) in [5.74, 6) is 2.13. The molecule has 25 heavy (non-hydrogen) atoms. The molecule has 1 heterocycles. The summed E-state index contributed by atoms with van der Waals surface area (Å²) in [6.45, 7) is 2.23. The summed E-state index contributed by atoms with van der Waals surface area (Å²) in [6.07, 6.45) is 2.65. The van der Waals surface area contributed by atoms with Crippen molar-refractivity contribution in [3.63, 3.8) is 0 Å². The molecule has 1 N–H and O–H groups in total. The van der Waals surface area contributed by atoms with Gasteiger partial charge in [0.15, 0.2) is 0 Å². The molecule has 1 fully saturated rings. The third kappa shape index (κ3) is 3.00. The lowest BCUT2D eigenvalue weighted by Gasteiger charge is -2.14. The number of rotatable bonds is 4. The molecule has 1 aliphatic rings. The predicted molar refractivity (Wildman–Crippen MR) is 97.3 cm³/mol. The molecule has 1 aromatic heterocycles. The van der Waals surface area contributed by atoms with Gasteiger partial charge in [-0.3, -0.25) is 0 Å². The number of hydrogen-bond donors (Lipinski definition) is 1. The van der Waals surface area contributed by atoms with Gasteiger partial charge in [0.1, 0.15) is 23.7 Å². The van der Waals surface area contributed by atoms with Gasteiger partial charge in [0.25, 0.3) is 0 Å². The maximum atomic E-state index is 13.4. The van der Waals surface area contributed by atoms with E-state index in [2.05, 4.69) is 28.3 Å². The topological polar surface area (TPSA) is 47.0 Å². The number of nitrogens with one attached hydrogen (secondary N) is 1. The van der Waals surface area contributed by atoms with E-state index >= 15 is 0 Å². The molecule has 0 bridgehead atoms. The van der Waals surface area contributed by atoms with Gasteiger partial charge in [-0.15, -0.1) is 0 Å². The number of methoxy groups -OCH3 is 1. The van der Waals surface area contributed by atoms with Crippen LogP contribution in [0.2, 0.25) is 5.02 Å². The van der Waals surface area contributed by atoms with Crippen LogP contribution >= 0.6 is 11.6 Å². The summed E-state index contributed by atoms with van der Waals surface area (Å²) in [7, 11) is 1.65. The molecule has 1 saturated carbocycles. The normalized spacial score (nSPS) is 19.0. The fraction of sp³-hybridized carbons (Fsp3) is 0.263. The number of ether oxygens (including phenoxy) is 1. The lowest BCUT2D eigenvalue weighted by atomic mass is 10.0. The molecule has 4 rings (SSSR count). The number of fused-ring (bicyclic) bond motifs is 1. The summed E-state index contributed by atoms with van der Waals surface area (Å²) in [5.41, 5.74) is 2.68. The predicted octanol–water partition coefficient (Wildman–Crippen LogP) is 5.30. The van der Waals surface area contributed by atoms with Crippen LogP contribution in [0.4, 0.5) is 15.9 Å². The van der Waals surface area contributed by atoms with Crippen molar-refractivity contribution in [2.45, 2.75) is 19.3 Å². The molecule has 3 aromatic rings. The Hall–Kier alpha value is -2.40. The van der Waals surface area contributed by atoms with Crippen molar-refractivity contribution in [3.05, 3.63) is 53.1 Å². The van der Waals surface area contributed by atoms with E-state index in [0.29, 0.717) is 23.3 Å². The van der Waals surface area contributed by atoms with Crippen molar-refractivity contribution in [3.8, 4) is 5.75 Å². The first kappa shape index (κ1) is 16.1. The van der Waals surface area contributed by atoms with Gasteiger partial charge in [0.2, 0.25) is 0 Å². The van der Waals surface area contributed by atoms with Crippen LogP contribution in [-0.4, -0.2) is 17.1 Å². The summed E-state index contributed by atoms with van der Waals surface area (Å²) >= 11 is 5.88. The minimum absolute atomic E-state index is 0.0704. The molecule has 0 amide bonds. The van der Waals surface area contributed by atoms with Crippen molar-refractivity contribution in [2.24, 2.45) is 5.92 Å². The summed E-state index contributed by atoms with van der Waals surface area (Å²) in [5, 5.41) is 4.29. The number of nitrogens with zero attached hydrogens (tertiary/aromatic N) is 2. The Kier molecular flexibility index (Phi) is 3.96. The molecule has 4 nitrogen and oxygen atoms in total. The quantitative estimate of drug-likeness (QED) is 0.688. The Bertz CT molecular complexity index is 963. The zero-order valence-electron chi connectivity index (χ0n) is 13.9. The first-order valence-corrected chi connectivity index (χ1v) is 8.49. The van der Waals surface area contributed by atoms with Crippen LogP contribution in [0.25, 0.3) is 10.9 Å². The van der Waals surface area contributed by atoms with E-state index in [1.54, 1.807) is 19.2 Å². The third-order valence-corrected chi connectivity index (χ3v) is 4.96. The van der Waals surface area contributed by atoms with Crippen molar-refractivity contribution in [2.75, 3.05) is 12.4 Å². The van der Waals surface area contributed by atoms with Crippen molar-refractivity contribution >= 4 is 34.0 Å². The molecule has 2 aromatic carbocycles. The molecule has 0 radical (unpaired) electrons. The average molecular weight is 358 g/mol. The number of hydrogen-bond acceptors (Lipinski definition) is 4. The maximum absolute atomic E-state index is 13.4. The van der Waals surface area contributed by atoms with E-state index in [0.717, 1.165) is 23.1 Å². The van der Waals surface area contributed by atoms with E-state index in [9.17, 15) is 4.39 Å². The molecule has 128 valence electrons. The highest BCUT2D eigenvalue weighted by atomic mass is 35.5. The van der Waals surface area contributed by atoms with Gasteiger partial charge in [-0.25, -0.2) is 14.4 Å². The molecule has 0 spiro atoms. The number of anilines is 2. The molecule has 2 atom stereocenters. The number of aromatic nitrogens is 2. The van der Waals surface area contributed by atoms with Crippen LogP contribution < -0.4 is 10.1 Å². The second-order valence-corrected chi connectivity index (χ2v) is 6.81. The highest BCUT2D eigenvalue weighted by Gasteiger charge is 2.36. The molecule has 6 heteroatoms. The largest absolute Gasteiger partial charge is 0.497 e. The van der Waals surface area contributed by atoms with E-state index in [1.807, 2.05) is 6.07 Å². The van der Waals surface area contributed by atoms with Gasteiger partial charge >= 0.3 is 0 Å². The Balaban J connectivity index is 1.84. The summed E-state index contributed by atoms with van der Waals surface area (Å²) in [6, 6.07) is 8.48. The van der Waals surface area contributed by atoms with Crippen molar-refractivity contribution < 1.29 is 9.13 Å². The van der Waals surface area contributed by atoms with Gasteiger partial charge in [0.05, 0.1) is 17.6 Å². The molecular weight excluding hydrogens is 341 g/mol. The van der Waals surface area contributed by atoms with Gasteiger partial charge in [-0.05, 0) is 48.1 Å². The Morgan fingerprint density at radius 1 is 1.24 bits per heavy atom. The van der Waals surface area contributed by atoms with Crippen LogP contribution in [0.15, 0.2) is 36.7 Å². The standard InChI is InChI=1S/C19H17ClFN3O/c1-10-5-13(10)14-7-12(25-2)8-17-18(14)19(23-9-22-17)24-11-3-4-16(21)15(20)6-11/h3-4,6-10,13H,5H2,1-2H3,(H,22,23,24). The molecule has 2 unspecified atom stereocenters. The lowest BCUT2D eigenvalue weighted by molar-refractivity contribution is 0.415. The van der Waals surface area contributed by atoms with Crippen molar-refractivity contribution in [1.82, 2.24) is 9.97 Å². The van der Waals surface area contributed by atoms with Gasteiger partial charge in [-0.2, -0.15) is 0 Å². The minimum atomic E-state index is -0.447. The Morgan fingerprint density at radius 3 is 2.72 bits per heavy atom. The van der Waals surface area contributed by atoms with Crippen LogP contribution in [0.3, 0.4) is 0 Å². The molecular formula is C19H17ClFN3O. The van der Waals surface area contributed by atoms with Gasteiger partial charge in [0, 0.05) is 17.1 Å². The molecule has 1 aliphatic carbocycles. The zero-order chi connectivity index (χ0) is 17.6. The summed E-state index contributed by atoms with van der Waals surface area (Å²) < 4.78 is 18.8. The smallest absolute Gasteiger partial charge is 0.141 e. The fourth-order valence-electron chi connectivity index (χ4n) is 3.17. The lowest BCUT2D eigenvalue weighted by Crippen LogP contribution is -2.00. The van der Waals surface area contributed by atoms with E-state index in [1.165, 1.54) is 18.0 Å². The second kappa shape index (κ2) is 6.15. The van der Waals surface area contributed by atoms with E-state index in [-0.39, 0.29) is 5.02 Å². The SMILES string of the molecule is COc1cc(C2CC2C)c2c(Nc3ccc(F)c(Cl)c3)ncnc2c1. The summed E-state index contributed by atoms with van der Waals surface area (Å²) in [4.78, 5) is 8.81.